The number of hydrogen-bond acceptors (Lipinski definition) is 7. The average Bonchev–Trinajstić information content (AvgIpc) is 2.86. The van der Waals surface area contributed by atoms with Crippen molar-refractivity contribution in [2.45, 2.75) is 6.61 Å². The van der Waals surface area contributed by atoms with E-state index in [-0.39, 0.29) is 12.2 Å². The van der Waals surface area contributed by atoms with Crippen LogP contribution >= 0.6 is 0 Å². The number of carbonyl (C=O) groups excluding carboxylic acids is 3. The SMILES string of the molecule is COC(=O)c1cccc(NC(=O)COC(=O)COc2ccc(OCc3ccccc3)cc2)c1. The molecule has 8 heteroatoms. The highest BCUT2D eigenvalue weighted by atomic mass is 16.6. The lowest BCUT2D eigenvalue weighted by atomic mass is 10.2. The summed E-state index contributed by atoms with van der Waals surface area (Å²) < 4.78 is 20.6. The van der Waals surface area contributed by atoms with Crippen molar-refractivity contribution < 1.29 is 33.3 Å². The Labute approximate surface area is 191 Å². The van der Waals surface area contributed by atoms with Crippen LogP contribution in [-0.4, -0.2) is 38.2 Å². The van der Waals surface area contributed by atoms with Gasteiger partial charge in [-0.25, -0.2) is 9.59 Å². The molecule has 170 valence electrons. The van der Waals surface area contributed by atoms with Crippen LogP contribution in [-0.2, 0) is 25.7 Å². The number of nitrogens with one attached hydrogen (secondary N) is 1. The van der Waals surface area contributed by atoms with Crippen molar-refractivity contribution in [3.63, 3.8) is 0 Å². The third-order valence-corrected chi connectivity index (χ3v) is 4.36. The van der Waals surface area contributed by atoms with Gasteiger partial charge in [0.1, 0.15) is 18.1 Å². The highest BCUT2D eigenvalue weighted by Crippen LogP contribution is 2.19. The van der Waals surface area contributed by atoms with Crippen molar-refractivity contribution in [2.24, 2.45) is 0 Å². The molecule has 33 heavy (non-hydrogen) atoms. The van der Waals surface area contributed by atoms with E-state index < -0.39 is 24.5 Å². The van der Waals surface area contributed by atoms with Crippen LogP contribution in [0.5, 0.6) is 11.5 Å². The van der Waals surface area contributed by atoms with Gasteiger partial charge in [0.05, 0.1) is 12.7 Å². The minimum atomic E-state index is -0.696. The third-order valence-electron chi connectivity index (χ3n) is 4.36. The first-order valence-corrected chi connectivity index (χ1v) is 10.1. The number of methoxy groups -OCH3 is 1. The molecule has 0 unspecified atom stereocenters. The molecule has 0 aliphatic heterocycles. The van der Waals surface area contributed by atoms with Crippen LogP contribution < -0.4 is 14.8 Å². The molecule has 8 nitrogen and oxygen atoms in total. The summed E-state index contributed by atoms with van der Waals surface area (Å²) in [4.78, 5) is 35.4. The standard InChI is InChI=1S/C25H23NO7/c1-30-25(29)19-8-5-9-20(14-19)26-23(27)16-33-24(28)17-32-22-12-10-21(11-13-22)31-15-18-6-3-2-4-7-18/h2-14H,15-17H2,1H3,(H,26,27). The summed E-state index contributed by atoms with van der Waals surface area (Å²) in [6.07, 6.45) is 0. The Morgan fingerprint density at radius 3 is 2.18 bits per heavy atom. The van der Waals surface area contributed by atoms with Crippen LogP contribution in [0.2, 0.25) is 0 Å². The zero-order chi connectivity index (χ0) is 23.5. The number of ether oxygens (including phenoxy) is 4. The lowest BCUT2D eigenvalue weighted by molar-refractivity contribution is -0.149. The number of carbonyl (C=O) groups is 3. The van der Waals surface area contributed by atoms with Crippen molar-refractivity contribution in [2.75, 3.05) is 25.6 Å². The monoisotopic (exact) mass is 449 g/mol. The molecular formula is C25H23NO7. The molecule has 0 saturated heterocycles. The van der Waals surface area contributed by atoms with Gasteiger partial charge in [-0.2, -0.15) is 0 Å². The molecule has 0 aliphatic rings. The van der Waals surface area contributed by atoms with Gasteiger partial charge in [0, 0.05) is 5.69 Å². The number of hydrogen-bond donors (Lipinski definition) is 1. The number of esters is 2. The first kappa shape index (κ1) is 23.3. The van der Waals surface area contributed by atoms with Gasteiger partial charge in [0.2, 0.25) is 0 Å². The van der Waals surface area contributed by atoms with Crippen LogP contribution in [0.15, 0.2) is 78.9 Å². The fraction of sp³-hybridized carbons (Fsp3) is 0.160. The topological polar surface area (TPSA) is 100 Å². The molecule has 3 aromatic carbocycles. The van der Waals surface area contributed by atoms with E-state index in [0.29, 0.717) is 23.8 Å². The first-order chi connectivity index (χ1) is 16.0. The Bertz CT molecular complexity index is 1080. The van der Waals surface area contributed by atoms with E-state index in [1.54, 1.807) is 42.5 Å². The van der Waals surface area contributed by atoms with E-state index in [2.05, 4.69) is 10.1 Å². The van der Waals surface area contributed by atoms with Gasteiger partial charge < -0.3 is 24.3 Å². The fourth-order valence-electron chi connectivity index (χ4n) is 2.74. The molecule has 0 atom stereocenters. The highest BCUT2D eigenvalue weighted by molar-refractivity contribution is 5.95. The maximum absolute atomic E-state index is 12.0. The Morgan fingerprint density at radius 2 is 1.48 bits per heavy atom. The Hall–Kier alpha value is -4.33. The summed E-state index contributed by atoms with van der Waals surface area (Å²) in [5.74, 6) is -0.640. The maximum atomic E-state index is 12.0. The molecule has 0 aromatic heterocycles. The average molecular weight is 449 g/mol. The summed E-state index contributed by atoms with van der Waals surface area (Å²) in [7, 11) is 1.27. The third kappa shape index (κ3) is 7.70. The van der Waals surface area contributed by atoms with Crippen molar-refractivity contribution in [1.82, 2.24) is 0 Å². The lowest BCUT2D eigenvalue weighted by Gasteiger charge is -2.10. The zero-order valence-electron chi connectivity index (χ0n) is 18.0. The Kier molecular flexibility index (Phi) is 8.41. The van der Waals surface area contributed by atoms with Crippen LogP contribution in [0.4, 0.5) is 5.69 Å². The van der Waals surface area contributed by atoms with Crippen LogP contribution in [0.25, 0.3) is 0 Å². The van der Waals surface area contributed by atoms with Crippen molar-refractivity contribution in [3.05, 3.63) is 90.0 Å². The van der Waals surface area contributed by atoms with Gasteiger partial charge in [-0.1, -0.05) is 36.4 Å². The minimum absolute atomic E-state index is 0.289. The second kappa shape index (κ2) is 11.9. The van der Waals surface area contributed by atoms with Gasteiger partial charge in [0.25, 0.3) is 5.91 Å². The van der Waals surface area contributed by atoms with E-state index in [4.69, 9.17) is 14.2 Å². The smallest absolute Gasteiger partial charge is 0.344 e. The lowest BCUT2D eigenvalue weighted by Crippen LogP contribution is -2.23. The molecule has 0 aliphatic carbocycles. The molecule has 1 amide bonds. The predicted octanol–water partition coefficient (Wildman–Crippen LogP) is 3.61. The second-order valence-electron chi connectivity index (χ2n) is 6.82. The summed E-state index contributed by atoms with van der Waals surface area (Å²) in [5, 5.41) is 2.54. The zero-order valence-corrected chi connectivity index (χ0v) is 18.0. The van der Waals surface area contributed by atoms with Gasteiger partial charge in [0.15, 0.2) is 13.2 Å². The molecule has 0 saturated carbocycles. The Morgan fingerprint density at radius 1 is 0.788 bits per heavy atom. The van der Waals surface area contributed by atoms with Gasteiger partial charge in [-0.05, 0) is 48.0 Å². The molecule has 0 heterocycles. The molecular weight excluding hydrogens is 426 g/mol. The van der Waals surface area contributed by atoms with Crippen molar-refractivity contribution in [1.29, 1.82) is 0 Å². The van der Waals surface area contributed by atoms with E-state index >= 15 is 0 Å². The first-order valence-electron chi connectivity index (χ1n) is 10.1. The van der Waals surface area contributed by atoms with Crippen LogP contribution in [0.1, 0.15) is 15.9 Å². The molecule has 3 aromatic rings. The fourth-order valence-corrected chi connectivity index (χ4v) is 2.74. The van der Waals surface area contributed by atoms with Crippen molar-refractivity contribution in [3.8, 4) is 11.5 Å². The predicted molar refractivity (Wildman–Crippen MR) is 120 cm³/mol. The van der Waals surface area contributed by atoms with Gasteiger partial charge in [-0.3, -0.25) is 4.79 Å². The van der Waals surface area contributed by atoms with E-state index in [1.807, 2.05) is 30.3 Å². The molecule has 1 N–H and O–H groups in total. The minimum Gasteiger partial charge on any atom is -0.489 e. The van der Waals surface area contributed by atoms with E-state index in [9.17, 15) is 14.4 Å². The maximum Gasteiger partial charge on any atom is 0.344 e. The number of rotatable bonds is 10. The summed E-state index contributed by atoms with van der Waals surface area (Å²) >= 11 is 0. The number of anilines is 1. The van der Waals surface area contributed by atoms with E-state index in [1.165, 1.54) is 13.2 Å². The largest absolute Gasteiger partial charge is 0.489 e. The molecule has 0 bridgehead atoms. The van der Waals surface area contributed by atoms with Crippen molar-refractivity contribution >= 4 is 23.5 Å². The second-order valence-corrected chi connectivity index (χ2v) is 6.82. The van der Waals surface area contributed by atoms with Gasteiger partial charge >= 0.3 is 11.9 Å². The summed E-state index contributed by atoms with van der Waals surface area (Å²) in [6.45, 7) is -0.394. The Balaban J connectivity index is 1.37. The molecule has 0 fully saturated rings. The molecule has 0 radical (unpaired) electrons. The summed E-state index contributed by atoms with van der Waals surface area (Å²) in [5.41, 5.74) is 1.72. The molecule has 3 rings (SSSR count). The highest BCUT2D eigenvalue weighted by Gasteiger charge is 2.11. The van der Waals surface area contributed by atoms with Crippen LogP contribution in [0.3, 0.4) is 0 Å². The van der Waals surface area contributed by atoms with Crippen LogP contribution in [0, 0.1) is 0 Å². The van der Waals surface area contributed by atoms with E-state index in [0.717, 1.165) is 5.56 Å². The normalized spacial score (nSPS) is 10.1. The molecule has 0 spiro atoms. The summed E-state index contributed by atoms with van der Waals surface area (Å²) in [6, 6.07) is 22.8. The quantitative estimate of drug-likeness (QED) is 0.472. The number of amides is 1. The number of benzene rings is 3. The van der Waals surface area contributed by atoms with Gasteiger partial charge in [-0.15, -0.1) is 0 Å².